The maximum absolute atomic E-state index is 13.4. The SMILES string of the molecule is CSCC(CCO)NC(=O)CCc1cccc(F)c1F. The smallest absolute Gasteiger partial charge is 0.220 e. The molecule has 0 saturated carbocycles. The molecule has 0 aliphatic rings. The van der Waals surface area contributed by atoms with Crippen LogP contribution in [0.4, 0.5) is 8.78 Å². The average molecular weight is 303 g/mol. The van der Waals surface area contributed by atoms with Crippen molar-refractivity contribution in [2.45, 2.75) is 25.3 Å². The van der Waals surface area contributed by atoms with Crippen molar-refractivity contribution in [1.29, 1.82) is 0 Å². The molecular formula is C14H19F2NO2S. The molecule has 1 atom stereocenters. The summed E-state index contributed by atoms with van der Waals surface area (Å²) in [6, 6.07) is 3.85. The number of carbonyl (C=O) groups excluding carboxylic acids is 1. The van der Waals surface area contributed by atoms with Crippen LogP contribution in [-0.2, 0) is 11.2 Å². The van der Waals surface area contributed by atoms with E-state index in [1.165, 1.54) is 12.1 Å². The molecule has 112 valence electrons. The summed E-state index contributed by atoms with van der Waals surface area (Å²) in [4.78, 5) is 11.8. The number of nitrogens with one attached hydrogen (secondary N) is 1. The van der Waals surface area contributed by atoms with Crippen LogP contribution in [0.1, 0.15) is 18.4 Å². The van der Waals surface area contributed by atoms with Gasteiger partial charge in [0.1, 0.15) is 0 Å². The van der Waals surface area contributed by atoms with E-state index < -0.39 is 11.6 Å². The Kier molecular flexibility index (Phi) is 7.54. The largest absolute Gasteiger partial charge is 0.396 e. The molecule has 0 radical (unpaired) electrons. The molecule has 6 heteroatoms. The van der Waals surface area contributed by atoms with E-state index in [0.29, 0.717) is 12.2 Å². The van der Waals surface area contributed by atoms with Gasteiger partial charge in [-0.25, -0.2) is 8.78 Å². The van der Waals surface area contributed by atoms with E-state index >= 15 is 0 Å². The van der Waals surface area contributed by atoms with E-state index in [-0.39, 0.29) is 37.0 Å². The van der Waals surface area contributed by atoms with Crippen LogP contribution < -0.4 is 5.32 Å². The number of aryl methyl sites for hydroxylation is 1. The maximum atomic E-state index is 13.4. The van der Waals surface area contributed by atoms with Crippen molar-refractivity contribution in [3.05, 3.63) is 35.4 Å². The van der Waals surface area contributed by atoms with Crippen molar-refractivity contribution < 1.29 is 18.7 Å². The van der Waals surface area contributed by atoms with Gasteiger partial charge in [-0.1, -0.05) is 12.1 Å². The Balaban J connectivity index is 2.48. The monoisotopic (exact) mass is 303 g/mol. The molecule has 0 aliphatic heterocycles. The quantitative estimate of drug-likeness (QED) is 0.773. The predicted octanol–water partition coefficient (Wildman–Crippen LogP) is 2.13. The van der Waals surface area contributed by atoms with Crippen molar-refractivity contribution in [3.8, 4) is 0 Å². The summed E-state index contributed by atoms with van der Waals surface area (Å²) < 4.78 is 26.4. The zero-order valence-electron chi connectivity index (χ0n) is 11.4. The average Bonchev–Trinajstić information content (AvgIpc) is 2.41. The van der Waals surface area contributed by atoms with Gasteiger partial charge in [-0.05, 0) is 30.7 Å². The molecule has 3 nitrogen and oxygen atoms in total. The fourth-order valence-corrected chi connectivity index (χ4v) is 2.50. The molecule has 2 N–H and O–H groups in total. The first-order chi connectivity index (χ1) is 9.58. The summed E-state index contributed by atoms with van der Waals surface area (Å²) in [5.41, 5.74) is 0.198. The van der Waals surface area contributed by atoms with Crippen molar-refractivity contribution in [3.63, 3.8) is 0 Å². The fraction of sp³-hybridized carbons (Fsp3) is 0.500. The third-order valence-corrected chi connectivity index (χ3v) is 3.60. The fourth-order valence-electron chi connectivity index (χ4n) is 1.84. The number of aliphatic hydroxyl groups excluding tert-OH is 1. The number of carbonyl (C=O) groups is 1. The van der Waals surface area contributed by atoms with Gasteiger partial charge in [0.2, 0.25) is 5.91 Å². The maximum Gasteiger partial charge on any atom is 0.220 e. The molecule has 0 aromatic heterocycles. The van der Waals surface area contributed by atoms with Crippen molar-refractivity contribution >= 4 is 17.7 Å². The molecule has 0 saturated heterocycles. The first kappa shape index (κ1) is 16.9. The van der Waals surface area contributed by atoms with Crippen LogP contribution in [0.25, 0.3) is 0 Å². The molecule has 0 fully saturated rings. The minimum absolute atomic E-state index is 0.00400. The Morgan fingerprint density at radius 1 is 1.45 bits per heavy atom. The molecule has 1 unspecified atom stereocenters. The van der Waals surface area contributed by atoms with Crippen LogP contribution in [0, 0.1) is 11.6 Å². The number of hydrogen-bond acceptors (Lipinski definition) is 3. The molecule has 20 heavy (non-hydrogen) atoms. The van der Waals surface area contributed by atoms with Crippen LogP contribution in [0.3, 0.4) is 0 Å². The number of benzene rings is 1. The van der Waals surface area contributed by atoms with E-state index in [2.05, 4.69) is 5.32 Å². The van der Waals surface area contributed by atoms with Crippen LogP contribution >= 0.6 is 11.8 Å². The molecule has 0 spiro atoms. The Morgan fingerprint density at radius 3 is 2.85 bits per heavy atom. The van der Waals surface area contributed by atoms with Crippen molar-refractivity contribution in [2.75, 3.05) is 18.6 Å². The minimum Gasteiger partial charge on any atom is -0.396 e. The molecule has 0 heterocycles. The Bertz CT molecular complexity index is 437. The highest BCUT2D eigenvalue weighted by Crippen LogP contribution is 2.13. The third kappa shape index (κ3) is 5.46. The molecular weight excluding hydrogens is 284 g/mol. The van der Waals surface area contributed by atoms with Crippen LogP contribution in [0.15, 0.2) is 18.2 Å². The Labute approximate surface area is 121 Å². The second-order valence-corrected chi connectivity index (χ2v) is 5.36. The number of aliphatic hydroxyl groups is 1. The van der Waals surface area contributed by atoms with Gasteiger partial charge >= 0.3 is 0 Å². The van der Waals surface area contributed by atoms with Crippen molar-refractivity contribution in [2.24, 2.45) is 0 Å². The normalized spacial score (nSPS) is 12.2. The van der Waals surface area contributed by atoms with E-state index in [1.54, 1.807) is 11.8 Å². The van der Waals surface area contributed by atoms with E-state index in [9.17, 15) is 13.6 Å². The van der Waals surface area contributed by atoms with Gasteiger partial charge in [0.25, 0.3) is 0 Å². The summed E-state index contributed by atoms with van der Waals surface area (Å²) in [5, 5.41) is 11.7. The van der Waals surface area contributed by atoms with Gasteiger partial charge in [-0.15, -0.1) is 0 Å². The van der Waals surface area contributed by atoms with Gasteiger partial charge in [0, 0.05) is 24.8 Å². The third-order valence-electron chi connectivity index (χ3n) is 2.86. The molecule has 0 bridgehead atoms. The number of rotatable bonds is 8. The van der Waals surface area contributed by atoms with Crippen LogP contribution in [0.2, 0.25) is 0 Å². The second-order valence-electron chi connectivity index (χ2n) is 4.45. The van der Waals surface area contributed by atoms with Gasteiger partial charge < -0.3 is 10.4 Å². The lowest BCUT2D eigenvalue weighted by Gasteiger charge is -2.16. The number of halogens is 2. The lowest BCUT2D eigenvalue weighted by Crippen LogP contribution is -2.37. The lowest BCUT2D eigenvalue weighted by atomic mass is 10.1. The van der Waals surface area contributed by atoms with Gasteiger partial charge in [-0.3, -0.25) is 4.79 Å². The summed E-state index contributed by atoms with van der Waals surface area (Å²) in [5.74, 6) is -1.30. The number of thioether (sulfide) groups is 1. The second kappa shape index (κ2) is 8.92. The summed E-state index contributed by atoms with van der Waals surface area (Å²) in [6.45, 7) is 0.00400. The lowest BCUT2D eigenvalue weighted by molar-refractivity contribution is -0.121. The zero-order chi connectivity index (χ0) is 15.0. The molecule has 1 amide bonds. The molecule has 1 aromatic carbocycles. The molecule has 1 aromatic rings. The van der Waals surface area contributed by atoms with E-state index in [4.69, 9.17) is 5.11 Å². The predicted molar refractivity (Wildman–Crippen MR) is 76.7 cm³/mol. The number of hydrogen-bond donors (Lipinski definition) is 2. The van der Waals surface area contributed by atoms with Gasteiger partial charge in [0.05, 0.1) is 0 Å². The van der Waals surface area contributed by atoms with E-state index in [1.807, 2.05) is 6.26 Å². The van der Waals surface area contributed by atoms with E-state index in [0.717, 1.165) is 6.07 Å². The summed E-state index contributed by atoms with van der Waals surface area (Å²) in [7, 11) is 0. The highest BCUT2D eigenvalue weighted by molar-refractivity contribution is 7.98. The summed E-state index contributed by atoms with van der Waals surface area (Å²) in [6.07, 6.45) is 2.65. The number of amides is 1. The van der Waals surface area contributed by atoms with Gasteiger partial charge in [-0.2, -0.15) is 11.8 Å². The summed E-state index contributed by atoms with van der Waals surface area (Å²) >= 11 is 1.58. The minimum atomic E-state index is -0.900. The van der Waals surface area contributed by atoms with Crippen LogP contribution in [-0.4, -0.2) is 35.7 Å². The van der Waals surface area contributed by atoms with Gasteiger partial charge in [0.15, 0.2) is 11.6 Å². The standard InChI is InChI=1S/C14H19F2NO2S/c1-20-9-11(7-8-18)17-13(19)6-5-10-3-2-4-12(15)14(10)16/h2-4,11,18H,5-9H2,1H3,(H,17,19). The molecule has 1 rings (SSSR count). The van der Waals surface area contributed by atoms with Crippen LogP contribution in [0.5, 0.6) is 0 Å². The zero-order valence-corrected chi connectivity index (χ0v) is 12.2. The highest BCUT2D eigenvalue weighted by atomic mass is 32.2. The Morgan fingerprint density at radius 2 is 2.20 bits per heavy atom. The molecule has 0 aliphatic carbocycles. The first-order valence-corrected chi connectivity index (χ1v) is 7.80. The highest BCUT2D eigenvalue weighted by Gasteiger charge is 2.13. The first-order valence-electron chi connectivity index (χ1n) is 6.40. The van der Waals surface area contributed by atoms with Crippen molar-refractivity contribution in [1.82, 2.24) is 5.32 Å². The topological polar surface area (TPSA) is 49.3 Å². The Hall–Kier alpha value is -1.14.